The van der Waals surface area contributed by atoms with Crippen molar-refractivity contribution in [3.63, 3.8) is 0 Å². The third-order valence-electron chi connectivity index (χ3n) is 3.65. The van der Waals surface area contributed by atoms with Crippen LogP contribution in [0.2, 0.25) is 0 Å². The van der Waals surface area contributed by atoms with Gasteiger partial charge in [-0.15, -0.1) is 0 Å². The highest BCUT2D eigenvalue weighted by atomic mass is 15.2. The van der Waals surface area contributed by atoms with Gasteiger partial charge in [0, 0.05) is 24.8 Å². The predicted molar refractivity (Wildman–Crippen MR) is 74.8 cm³/mol. The lowest BCUT2D eigenvalue weighted by atomic mass is 10.1. The van der Waals surface area contributed by atoms with Gasteiger partial charge in [0.05, 0.1) is 0 Å². The minimum Gasteiger partial charge on any atom is -0.367 e. The summed E-state index contributed by atoms with van der Waals surface area (Å²) in [4.78, 5) is 2.56. The van der Waals surface area contributed by atoms with E-state index < -0.39 is 0 Å². The fourth-order valence-corrected chi connectivity index (χ4v) is 2.59. The Bertz CT molecular complexity index is 387. The molecule has 1 aromatic carbocycles. The van der Waals surface area contributed by atoms with Gasteiger partial charge in [0.25, 0.3) is 0 Å². The summed E-state index contributed by atoms with van der Waals surface area (Å²) in [5.41, 5.74) is 4.15. The molecule has 1 aliphatic heterocycles. The van der Waals surface area contributed by atoms with Crippen LogP contribution in [-0.2, 0) is 0 Å². The van der Waals surface area contributed by atoms with Crippen LogP contribution >= 0.6 is 0 Å². The molecule has 2 nitrogen and oxygen atoms in total. The summed E-state index contributed by atoms with van der Waals surface area (Å²) < 4.78 is 0. The molecule has 2 heteroatoms. The van der Waals surface area contributed by atoms with Crippen LogP contribution in [0.4, 0.5) is 5.69 Å². The van der Waals surface area contributed by atoms with Gasteiger partial charge in [0.15, 0.2) is 0 Å². The number of hydrogen-bond acceptors (Lipinski definition) is 2. The Labute approximate surface area is 105 Å². The number of rotatable bonds is 1. The van der Waals surface area contributed by atoms with Crippen molar-refractivity contribution < 1.29 is 0 Å². The van der Waals surface area contributed by atoms with Gasteiger partial charge >= 0.3 is 0 Å². The van der Waals surface area contributed by atoms with Crippen LogP contribution in [0.1, 0.15) is 25.0 Å². The van der Waals surface area contributed by atoms with Crippen molar-refractivity contribution in [2.24, 2.45) is 5.92 Å². The van der Waals surface area contributed by atoms with Crippen LogP contribution in [0.15, 0.2) is 18.2 Å². The van der Waals surface area contributed by atoms with E-state index >= 15 is 0 Å². The first-order valence-electron chi connectivity index (χ1n) is 6.62. The lowest BCUT2D eigenvalue weighted by Gasteiger charge is -2.32. The van der Waals surface area contributed by atoms with Gasteiger partial charge < -0.3 is 10.2 Å². The third-order valence-corrected chi connectivity index (χ3v) is 3.65. The zero-order valence-corrected chi connectivity index (χ0v) is 11.5. The lowest BCUT2D eigenvalue weighted by molar-refractivity contribution is 0.563. The van der Waals surface area contributed by atoms with E-state index in [9.17, 15) is 0 Å². The zero-order valence-electron chi connectivity index (χ0n) is 11.5. The Morgan fingerprint density at radius 1 is 1.18 bits per heavy atom. The minimum absolute atomic E-state index is 0.570. The number of nitrogens with zero attached hydrogens (tertiary/aromatic N) is 1. The van der Waals surface area contributed by atoms with E-state index in [0.29, 0.717) is 12.0 Å². The van der Waals surface area contributed by atoms with Crippen molar-refractivity contribution >= 4 is 5.69 Å². The van der Waals surface area contributed by atoms with Gasteiger partial charge in [-0.25, -0.2) is 0 Å². The molecule has 1 aromatic rings. The molecule has 1 aliphatic rings. The molecular weight excluding hydrogens is 208 g/mol. The molecule has 17 heavy (non-hydrogen) atoms. The van der Waals surface area contributed by atoms with E-state index in [4.69, 9.17) is 0 Å². The van der Waals surface area contributed by atoms with Gasteiger partial charge in [0.2, 0.25) is 0 Å². The topological polar surface area (TPSA) is 15.3 Å². The van der Waals surface area contributed by atoms with Crippen molar-refractivity contribution in [2.45, 2.75) is 33.7 Å². The second kappa shape index (κ2) is 5.09. The molecule has 0 saturated carbocycles. The van der Waals surface area contributed by atoms with E-state index in [1.807, 2.05) is 0 Å². The van der Waals surface area contributed by atoms with Crippen molar-refractivity contribution in [2.75, 3.05) is 24.5 Å². The average molecular weight is 232 g/mol. The lowest BCUT2D eigenvalue weighted by Crippen LogP contribution is -2.38. The summed E-state index contributed by atoms with van der Waals surface area (Å²) in [6, 6.07) is 7.33. The maximum Gasteiger partial charge on any atom is 0.0401 e. The highest BCUT2D eigenvalue weighted by Crippen LogP contribution is 2.25. The fraction of sp³-hybridized carbons (Fsp3) is 0.600. The van der Waals surface area contributed by atoms with Crippen LogP contribution in [0.5, 0.6) is 0 Å². The van der Waals surface area contributed by atoms with Gasteiger partial charge in [-0.05, 0) is 50.4 Å². The molecule has 0 amide bonds. The maximum absolute atomic E-state index is 3.54. The Morgan fingerprint density at radius 2 is 1.94 bits per heavy atom. The molecule has 2 rings (SSSR count). The molecule has 0 spiro atoms. The molecule has 1 fully saturated rings. The van der Waals surface area contributed by atoms with Gasteiger partial charge in [-0.1, -0.05) is 19.1 Å². The number of hydrogen-bond donors (Lipinski definition) is 1. The summed E-state index contributed by atoms with van der Waals surface area (Å²) in [6.07, 6.45) is 0. The van der Waals surface area contributed by atoms with Crippen LogP contribution in [0.3, 0.4) is 0 Å². The standard InChI is InChI=1S/C15H24N2/c1-11-5-6-13(3)15(7-11)17-10-12(2)8-16-9-14(17)4/h5-7,12,14,16H,8-10H2,1-4H3. The first kappa shape index (κ1) is 12.4. The minimum atomic E-state index is 0.570. The van der Waals surface area contributed by atoms with E-state index in [1.165, 1.54) is 16.8 Å². The Balaban J connectivity index is 2.32. The molecule has 1 saturated heterocycles. The monoisotopic (exact) mass is 232 g/mol. The number of nitrogens with one attached hydrogen (secondary N) is 1. The first-order valence-corrected chi connectivity index (χ1v) is 6.62. The highest BCUT2D eigenvalue weighted by molar-refractivity contribution is 5.55. The number of benzene rings is 1. The fourth-order valence-electron chi connectivity index (χ4n) is 2.59. The van der Waals surface area contributed by atoms with Crippen molar-refractivity contribution in [3.05, 3.63) is 29.3 Å². The second-order valence-corrected chi connectivity index (χ2v) is 5.55. The van der Waals surface area contributed by atoms with Crippen LogP contribution in [-0.4, -0.2) is 25.7 Å². The van der Waals surface area contributed by atoms with Crippen molar-refractivity contribution in [3.8, 4) is 0 Å². The molecule has 0 radical (unpaired) electrons. The summed E-state index contributed by atoms with van der Waals surface area (Å²) >= 11 is 0. The van der Waals surface area contributed by atoms with Crippen molar-refractivity contribution in [1.29, 1.82) is 0 Å². The third kappa shape index (κ3) is 2.81. The molecule has 0 bridgehead atoms. The molecule has 1 N–H and O–H groups in total. The van der Waals surface area contributed by atoms with E-state index in [1.54, 1.807) is 0 Å². The predicted octanol–water partition coefficient (Wildman–Crippen LogP) is 2.74. The molecule has 94 valence electrons. The SMILES string of the molecule is Cc1ccc(C)c(N2CC(C)CNCC2C)c1. The van der Waals surface area contributed by atoms with E-state index in [-0.39, 0.29) is 0 Å². The summed E-state index contributed by atoms with van der Waals surface area (Å²) in [5, 5.41) is 3.54. The zero-order chi connectivity index (χ0) is 12.4. The summed E-state index contributed by atoms with van der Waals surface area (Å²) in [6.45, 7) is 12.4. The Morgan fingerprint density at radius 3 is 2.71 bits per heavy atom. The molecule has 2 atom stereocenters. The Kier molecular flexibility index (Phi) is 3.72. The summed E-state index contributed by atoms with van der Waals surface area (Å²) in [7, 11) is 0. The van der Waals surface area contributed by atoms with Crippen molar-refractivity contribution in [1.82, 2.24) is 5.32 Å². The smallest absolute Gasteiger partial charge is 0.0401 e. The second-order valence-electron chi connectivity index (χ2n) is 5.55. The van der Waals surface area contributed by atoms with Gasteiger partial charge in [-0.2, -0.15) is 0 Å². The average Bonchev–Trinajstić information content (AvgIpc) is 2.44. The molecule has 0 aliphatic carbocycles. The van der Waals surface area contributed by atoms with Gasteiger partial charge in [-0.3, -0.25) is 0 Å². The van der Waals surface area contributed by atoms with Crippen LogP contribution < -0.4 is 10.2 Å². The van der Waals surface area contributed by atoms with Crippen LogP contribution in [0, 0.1) is 19.8 Å². The highest BCUT2D eigenvalue weighted by Gasteiger charge is 2.21. The number of anilines is 1. The Hall–Kier alpha value is -1.02. The summed E-state index contributed by atoms with van der Waals surface area (Å²) in [5.74, 6) is 0.708. The molecule has 0 aromatic heterocycles. The molecule has 2 unspecified atom stereocenters. The van der Waals surface area contributed by atoms with Gasteiger partial charge in [0.1, 0.15) is 0 Å². The number of aryl methyl sites for hydroxylation is 2. The maximum atomic E-state index is 3.54. The quantitative estimate of drug-likeness (QED) is 0.801. The molecular formula is C15H24N2. The first-order chi connectivity index (χ1) is 8.08. The van der Waals surface area contributed by atoms with E-state index in [0.717, 1.165) is 19.6 Å². The largest absolute Gasteiger partial charge is 0.367 e. The normalized spacial score (nSPS) is 25.8. The van der Waals surface area contributed by atoms with E-state index in [2.05, 4.69) is 56.1 Å². The van der Waals surface area contributed by atoms with Crippen LogP contribution in [0.25, 0.3) is 0 Å². The molecule has 1 heterocycles.